The van der Waals surface area contributed by atoms with Gasteiger partial charge in [0.15, 0.2) is 0 Å². The largest absolute Gasteiger partial charge is 0.338 e. The van der Waals surface area contributed by atoms with Gasteiger partial charge in [0, 0.05) is 29.1 Å². The lowest BCUT2D eigenvalue weighted by atomic mass is 9.70. The third-order valence-corrected chi connectivity index (χ3v) is 14.9. The molecule has 10 aliphatic rings. The van der Waals surface area contributed by atoms with Crippen molar-refractivity contribution in [2.24, 2.45) is 35.5 Å². The molecule has 60 heavy (non-hydrogen) atoms. The summed E-state index contributed by atoms with van der Waals surface area (Å²) in [5.41, 5.74) is 15.1. The minimum absolute atomic E-state index is 0.318. The number of fused-ring (bicyclic) bond motifs is 2. The van der Waals surface area contributed by atoms with Gasteiger partial charge in [0.2, 0.25) is 0 Å². The number of hydrogen-bond donors (Lipinski definition) is 0. The highest BCUT2D eigenvalue weighted by atomic mass is 15.2. The van der Waals surface area contributed by atoms with Crippen LogP contribution < -0.4 is 0 Å². The fourth-order valence-corrected chi connectivity index (χ4v) is 11.6. The van der Waals surface area contributed by atoms with Crippen molar-refractivity contribution < 1.29 is 0 Å². The van der Waals surface area contributed by atoms with E-state index >= 15 is 0 Å². The van der Waals surface area contributed by atoms with E-state index in [9.17, 15) is 0 Å². The normalized spacial score (nSPS) is 30.7. The van der Waals surface area contributed by atoms with Crippen LogP contribution in [0.5, 0.6) is 0 Å². The van der Waals surface area contributed by atoms with Crippen LogP contribution in [-0.2, 0) is 0 Å². The van der Waals surface area contributed by atoms with Gasteiger partial charge in [0.05, 0.1) is 6.04 Å². The Balaban J connectivity index is 0.871. The second kappa shape index (κ2) is 18.2. The van der Waals surface area contributed by atoms with Crippen LogP contribution in [0, 0.1) is 35.5 Å². The van der Waals surface area contributed by atoms with Crippen LogP contribution in [0.15, 0.2) is 226 Å². The predicted octanol–water partition coefficient (Wildman–Crippen LogP) is 15.1. The molecule has 0 heterocycles. The van der Waals surface area contributed by atoms with E-state index in [1.807, 2.05) is 0 Å². The topological polar surface area (TPSA) is 3.24 Å². The molecule has 0 aromatic rings. The van der Waals surface area contributed by atoms with Crippen molar-refractivity contribution >= 4 is 0 Å². The molecule has 0 aromatic heterocycles. The zero-order chi connectivity index (χ0) is 40.1. The van der Waals surface area contributed by atoms with Gasteiger partial charge < -0.3 is 4.90 Å². The molecule has 0 spiro atoms. The van der Waals surface area contributed by atoms with Crippen LogP contribution in [0.2, 0.25) is 0 Å². The van der Waals surface area contributed by atoms with Crippen LogP contribution >= 0.6 is 0 Å². The van der Waals surface area contributed by atoms with E-state index in [4.69, 9.17) is 0 Å². The molecular formula is C59H63N. The van der Waals surface area contributed by atoms with E-state index < -0.39 is 0 Å². The van der Waals surface area contributed by atoms with E-state index in [-0.39, 0.29) is 0 Å². The van der Waals surface area contributed by atoms with Gasteiger partial charge in [-0.15, -0.1) is 0 Å². The molecular weight excluding hydrogens is 723 g/mol. The number of nitrogens with zero attached hydrogens (tertiary/aromatic N) is 1. The molecule has 0 radical (unpaired) electrons. The maximum absolute atomic E-state index is 2.70. The van der Waals surface area contributed by atoms with Gasteiger partial charge in [-0.25, -0.2) is 0 Å². The maximum Gasteiger partial charge on any atom is 0.0557 e. The second-order valence-corrected chi connectivity index (χ2v) is 18.6. The maximum atomic E-state index is 2.70. The van der Waals surface area contributed by atoms with Crippen molar-refractivity contribution in [3.63, 3.8) is 0 Å². The van der Waals surface area contributed by atoms with E-state index in [1.54, 1.807) is 22.3 Å². The summed E-state index contributed by atoms with van der Waals surface area (Å²) in [5, 5.41) is 0. The molecule has 10 rings (SSSR count). The number of rotatable bonds is 11. The Labute approximate surface area is 361 Å². The number of hydrogen-bond acceptors (Lipinski definition) is 1. The minimum atomic E-state index is 0.318. The minimum Gasteiger partial charge on any atom is -0.338 e. The van der Waals surface area contributed by atoms with E-state index in [0.29, 0.717) is 41.5 Å². The van der Waals surface area contributed by atoms with Gasteiger partial charge in [-0.05, 0) is 159 Å². The lowest BCUT2D eigenvalue weighted by Gasteiger charge is -2.41. The van der Waals surface area contributed by atoms with Gasteiger partial charge in [-0.2, -0.15) is 0 Å². The molecule has 1 nitrogen and oxygen atoms in total. The molecule has 10 aliphatic carbocycles. The van der Waals surface area contributed by atoms with Gasteiger partial charge in [-0.1, -0.05) is 164 Å². The SMILES string of the molecule is C1=CCC(C2=CCC(N(C3=CC=C(C4=CC=C(CC(CC5C=CC=C6C=CCCC65)C5=CCC(C6=CCCC=C6)C=C5)CC4)CC3)C3=CC=CC4CC=CC=C34)C=C2)C=C1. The molecule has 7 unspecified atom stereocenters. The van der Waals surface area contributed by atoms with E-state index in [0.717, 1.165) is 44.9 Å². The average molecular weight is 786 g/mol. The smallest absolute Gasteiger partial charge is 0.0557 e. The summed E-state index contributed by atoms with van der Waals surface area (Å²) in [5.74, 6) is 3.34. The van der Waals surface area contributed by atoms with Gasteiger partial charge in [-0.3, -0.25) is 0 Å². The molecule has 0 aromatic carbocycles. The van der Waals surface area contributed by atoms with Crippen molar-refractivity contribution in [2.45, 2.75) is 95.9 Å². The molecule has 0 aliphatic heterocycles. The van der Waals surface area contributed by atoms with Crippen molar-refractivity contribution in [1.29, 1.82) is 0 Å². The van der Waals surface area contributed by atoms with Gasteiger partial charge >= 0.3 is 0 Å². The third-order valence-electron chi connectivity index (χ3n) is 14.9. The van der Waals surface area contributed by atoms with Crippen LogP contribution in [0.3, 0.4) is 0 Å². The first kappa shape index (κ1) is 39.0. The molecule has 0 N–H and O–H groups in total. The third kappa shape index (κ3) is 8.56. The summed E-state index contributed by atoms with van der Waals surface area (Å²) >= 11 is 0. The first-order chi connectivity index (χ1) is 29.7. The van der Waals surface area contributed by atoms with Crippen molar-refractivity contribution in [2.75, 3.05) is 0 Å². The Morgan fingerprint density at radius 3 is 2.13 bits per heavy atom. The Hall–Kier alpha value is -5.14. The molecule has 0 saturated heterocycles. The summed E-state index contributed by atoms with van der Waals surface area (Å²) in [7, 11) is 0. The van der Waals surface area contributed by atoms with Crippen LogP contribution in [0.4, 0.5) is 0 Å². The molecule has 0 amide bonds. The van der Waals surface area contributed by atoms with Gasteiger partial charge in [0.25, 0.3) is 0 Å². The molecule has 0 fully saturated rings. The summed E-state index contributed by atoms with van der Waals surface area (Å²) in [6.45, 7) is 0. The quantitative estimate of drug-likeness (QED) is 0.202. The van der Waals surface area contributed by atoms with Crippen molar-refractivity contribution in [3.05, 3.63) is 226 Å². The van der Waals surface area contributed by atoms with Crippen LogP contribution in [-0.4, -0.2) is 10.9 Å². The monoisotopic (exact) mass is 785 g/mol. The molecule has 304 valence electrons. The average Bonchev–Trinajstić information content (AvgIpc) is 3.33. The Morgan fingerprint density at radius 2 is 1.35 bits per heavy atom. The highest BCUT2D eigenvalue weighted by molar-refractivity contribution is 5.50. The fraction of sp³-hybridized carbons (Fsp3) is 0.356. The Morgan fingerprint density at radius 1 is 0.533 bits per heavy atom. The fourth-order valence-electron chi connectivity index (χ4n) is 11.6. The van der Waals surface area contributed by atoms with Crippen molar-refractivity contribution in [3.8, 4) is 0 Å². The number of allylic oxidation sites excluding steroid dienone is 35. The zero-order valence-electron chi connectivity index (χ0n) is 35.6. The first-order valence-electron chi connectivity index (χ1n) is 23.6. The molecule has 0 saturated carbocycles. The molecule has 7 atom stereocenters. The Bertz CT molecular complexity index is 2310. The summed E-state index contributed by atoms with van der Waals surface area (Å²) in [4.78, 5) is 2.70. The lowest BCUT2D eigenvalue weighted by molar-refractivity contribution is 0.346. The van der Waals surface area contributed by atoms with E-state index in [1.165, 1.54) is 78.6 Å². The highest BCUT2D eigenvalue weighted by Crippen LogP contribution is 2.44. The Kier molecular flexibility index (Phi) is 11.9. The summed E-state index contributed by atoms with van der Waals surface area (Å²) in [6, 6.07) is 0.318. The lowest BCUT2D eigenvalue weighted by Crippen LogP contribution is -2.36. The van der Waals surface area contributed by atoms with Gasteiger partial charge in [0.1, 0.15) is 0 Å². The standard InChI is InChI=1S/C59H63N/c1-3-13-44(14-4-1)47-29-31-50(32-30-47)54(42-53-21-11-19-51-17-7-9-22-57(51)53)41-43-25-27-46(28-26-43)49-35-39-56(40-36-49)60(59-24-12-20-52-18-8-10-23-58(52)59)55-37-33-48(34-38-55)45-15-5-2-6-16-45/h2-3,5-8,10-15,17,19-21,23-25,27,29,31-35,37,39,45,47,52-55,57H,1,4,9,16,18,22,26,28,30,36,38,40-42H2. The molecule has 0 bridgehead atoms. The van der Waals surface area contributed by atoms with Crippen molar-refractivity contribution in [1.82, 2.24) is 4.90 Å². The summed E-state index contributed by atoms with van der Waals surface area (Å²) in [6.07, 6.45) is 83.5. The van der Waals surface area contributed by atoms with E-state index in [2.05, 4.69) is 175 Å². The second-order valence-electron chi connectivity index (χ2n) is 18.6. The predicted molar refractivity (Wildman–Crippen MR) is 254 cm³/mol. The van der Waals surface area contributed by atoms with Crippen LogP contribution in [0.25, 0.3) is 0 Å². The highest BCUT2D eigenvalue weighted by Gasteiger charge is 2.32. The molecule has 1 heteroatoms. The summed E-state index contributed by atoms with van der Waals surface area (Å²) < 4.78 is 0. The first-order valence-corrected chi connectivity index (χ1v) is 23.6. The van der Waals surface area contributed by atoms with Crippen LogP contribution in [0.1, 0.15) is 89.9 Å². The zero-order valence-corrected chi connectivity index (χ0v) is 35.6.